The molecule has 3 rings (SSSR count). The predicted octanol–water partition coefficient (Wildman–Crippen LogP) is 5.20. The number of carbonyl (C=O) groups excluding carboxylic acids is 2. The van der Waals surface area contributed by atoms with Gasteiger partial charge < -0.3 is 13.9 Å². The summed E-state index contributed by atoms with van der Waals surface area (Å²) in [5.74, 6) is -0.229. The molecule has 158 valence electrons. The number of hydrogen-bond acceptors (Lipinski definition) is 6. The van der Waals surface area contributed by atoms with Crippen molar-refractivity contribution in [1.29, 1.82) is 0 Å². The Labute approximate surface area is 179 Å². The first-order valence-corrected chi connectivity index (χ1v) is 9.70. The van der Waals surface area contributed by atoms with E-state index in [2.05, 4.69) is 0 Å². The molecule has 31 heavy (non-hydrogen) atoms. The summed E-state index contributed by atoms with van der Waals surface area (Å²) in [5.41, 5.74) is 2.06. The molecule has 0 aliphatic rings. The summed E-state index contributed by atoms with van der Waals surface area (Å²) < 4.78 is 16.2. The van der Waals surface area contributed by atoms with Gasteiger partial charge in [-0.1, -0.05) is 24.3 Å². The lowest BCUT2D eigenvalue weighted by atomic mass is 10.1. The predicted molar refractivity (Wildman–Crippen MR) is 118 cm³/mol. The van der Waals surface area contributed by atoms with E-state index in [1.54, 1.807) is 76.2 Å². The lowest BCUT2D eigenvalue weighted by Crippen LogP contribution is -2.10. The summed E-state index contributed by atoms with van der Waals surface area (Å²) >= 11 is 0. The Hall–Kier alpha value is -3.93. The van der Waals surface area contributed by atoms with Crippen LogP contribution in [-0.2, 0) is 9.59 Å². The van der Waals surface area contributed by atoms with Gasteiger partial charge in [-0.05, 0) is 57.5 Å². The highest BCUT2D eigenvalue weighted by Gasteiger charge is 2.13. The van der Waals surface area contributed by atoms with E-state index >= 15 is 0 Å². The molecule has 0 spiro atoms. The van der Waals surface area contributed by atoms with Crippen LogP contribution >= 0.6 is 0 Å². The van der Waals surface area contributed by atoms with Gasteiger partial charge in [-0.15, -0.1) is 0 Å². The third-order valence-corrected chi connectivity index (χ3v) is 4.84. The van der Waals surface area contributed by atoms with Crippen LogP contribution in [0.3, 0.4) is 0 Å². The van der Waals surface area contributed by atoms with Gasteiger partial charge in [0, 0.05) is 17.2 Å². The number of hydrogen-bond donors (Lipinski definition) is 0. The van der Waals surface area contributed by atoms with E-state index in [1.165, 1.54) is 12.3 Å². The van der Waals surface area contributed by atoms with Crippen LogP contribution in [0.4, 0.5) is 0 Å². The van der Waals surface area contributed by atoms with Gasteiger partial charge in [-0.3, -0.25) is 4.79 Å². The Balaban J connectivity index is 1.87. The van der Waals surface area contributed by atoms with Crippen molar-refractivity contribution < 1.29 is 23.5 Å². The average molecular weight is 418 g/mol. The second-order valence-electron chi connectivity index (χ2n) is 6.88. The Morgan fingerprint density at radius 1 is 0.839 bits per heavy atom. The molecular formula is C25H22O6. The van der Waals surface area contributed by atoms with Crippen molar-refractivity contribution in [3.05, 3.63) is 82.2 Å². The molecular weight excluding hydrogens is 396 g/mol. The number of carbonyl (C=O) groups is 2. The molecule has 0 bridgehead atoms. The van der Waals surface area contributed by atoms with Crippen LogP contribution in [0.1, 0.15) is 27.7 Å². The SMILES string of the molecule is CC=C(C)C(=O)Oc1ccc(-c2coc3cc(OC(=O)C(C)=CC)ccc3c2=O)cc1. The van der Waals surface area contributed by atoms with E-state index in [0.717, 1.165) is 0 Å². The standard InChI is InChI=1S/C25H22O6/c1-5-15(3)24(27)30-18-9-7-17(8-10-18)21-14-29-22-13-19(11-12-20(22)23(21)26)31-25(28)16(4)6-2/h5-14H,1-4H3. The minimum absolute atomic E-state index is 0.224. The normalized spacial score (nSPS) is 12.0. The average Bonchev–Trinajstić information content (AvgIpc) is 2.78. The van der Waals surface area contributed by atoms with E-state index in [4.69, 9.17) is 13.9 Å². The van der Waals surface area contributed by atoms with Crippen molar-refractivity contribution in [2.45, 2.75) is 27.7 Å². The number of ether oxygens (including phenoxy) is 2. The van der Waals surface area contributed by atoms with Crippen LogP contribution in [0, 0.1) is 0 Å². The van der Waals surface area contributed by atoms with Crippen molar-refractivity contribution in [2.24, 2.45) is 0 Å². The van der Waals surface area contributed by atoms with Gasteiger partial charge >= 0.3 is 11.9 Å². The molecule has 0 saturated heterocycles. The quantitative estimate of drug-likeness (QED) is 0.322. The van der Waals surface area contributed by atoms with Crippen LogP contribution in [0.15, 0.2) is 81.2 Å². The molecule has 1 heterocycles. The first-order valence-electron chi connectivity index (χ1n) is 9.70. The fourth-order valence-electron chi connectivity index (χ4n) is 2.68. The zero-order valence-corrected chi connectivity index (χ0v) is 17.7. The molecule has 0 fully saturated rings. The van der Waals surface area contributed by atoms with Gasteiger partial charge in [-0.25, -0.2) is 9.59 Å². The minimum atomic E-state index is -0.466. The maximum atomic E-state index is 12.9. The summed E-state index contributed by atoms with van der Waals surface area (Å²) in [6.07, 6.45) is 4.69. The highest BCUT2D eigenvalue weighted by molar-refractivity contribution is 5.91. The lowest BCUT2D eigenvalue weighted by Gasteiger charge is -2.07. The van der Waals surface area contributed by atoms with E-state index < -0.39 is 11.9 Å². The summed E-state index contributed by atoms with van der Waals surface area (Å²) in [5, 5.41) is 0.360. The van der Waals surface area contributed by atoms with E-state index in [1.807, 2.05) is 0 Å². The van der Waals surface area contributed by atoms with Gasteiger partial charge in [0.25, 0.3) is 0 Å². The minimum Gasteiger partial charge on any atom is -0.463 e. The molecule has 0 atom stereocenters. The molecule has 0 saturated carbocycles. The Morgan fingerprint density at radius 3 is 1.97 bits per heavy atom. The number of allylic oxidation sites excluding steroid dienone is 2. The Kier molecular flexibility index (Phi) is 6.50. The van der Waals surface area contributed by atoms with Crippen molar-refractivity contribution in [3.8, 4) is 22.6 Å². The monoisotopic (exact) mass is 418 g/mol. The van der Waals surface area contributed by atoms with Crippen molar-refractivity contribution in [1.82, 2.24) is 0 Å². The Bertz CT molecular complexity index is 1260. The maximum absolute atomic E-state index is 12.9. The van der Waals surface area contributed by atoms with Crippen molar-refractivity contribution in [3.63, 3.8) is 0 Å². The highest BCUT2D eigenvalue weighted by Crippen LogP contribution is 2.25. The second-order valence-corrected chi connectivity index (χ2v) is 6.88. The van der Waals surface area contributed by atoms with Crippen LogP contribution < -0.4 is 14.9 Å². The van der Waals surface area contributed by atoms with Gasteiger partial charge in [0.15, 0.2) is 5.43 Å². The van der Waals surface area contributed by atoms with Crippen LogP contribution in [0.2, 0.25) is 0 Å². The van der Waals surface area contributed by atoms with E-state index in [9.17, 15) is 14.4 Å². The molecule has 6 nitrogen and oxygen atoms in total. The molecule has 0 aliphatic heterocycles. The molecule has 6 heteroatoms. The lowest BCUT2D eigenvalue weighted by molar-refractivity contribution is -0.131. The zero-order chi connectivity index (χ0) is 22.5. The first-order chi connectivity index (χ1) is 14.8. The number of rotatable bonds is 5. The van der Waals surface area contributed by atoms with Gasteiger partial charge in [0.05, 0.1) is 10.9 Å². The van der Waals surface area contributed by atoms with Gasteiger partial charge in [0.2, 0.25) is 0 Å². The summed E-state index contributed by atoms with van der Waals surface area (Å²) in [6.45, 7) is 6.83. The molecule has 0 radical (unpaired) electrons. The van der Waals surface area contributed by atoms with Crippen LogP contribution in [0.5, 0.6) is 11.5 Å². The maximum Gasteiger partial charge on any atom is 0.338 e. The smallest absolute Gasteiger partial charge is 0.338 e. The van der Waals surface area contributed by atoms with Crippen molar-refractivity contribution in [2.75, 3.05) is 0 Å². The zero-order valence-electron chi connectivity index (χ0n) is 17.7. The fourth-order valence-corrected chi connectivity index (χ4v) is 2.68. The third kappa shape index (κ3) is 4.80. The fraction of sp³-hybridized carbons (Fsp3) is 0.160. The second kappa shape index (κ2) is 9.26. The highest BCUT2D eigenvalue weighted by atomic mass is 16.5. The first kappa shape index (κ1) is 21.8. The topological polar surface area (TPSA) is 82.8 Å². The van der Waals surface area contributed by atoms with Crippen LogP contribution in [-0.4, -0.2) is 11.9 Å². The molecule has 1 aromatic heterocycles. The Morgan fingerprint density at radius 2 is 1.39 bits per heavy atom. The van der Waals surface area contributed by atoms with Crippen LogP contribution in [0.25, 0.3) is 22.1 Å². The summed E-state index contributed by atoms with van der Waals surface area (Å²) in [7, 11) is 0. The summed E-state index contributed by atoms with van der Waals surface area (Å²) in [6, 6.07) is 11.2. The molecule has 0 amide bonds. The molecule has 2 aromatic carbocycles. The van der Waals surface area contributed by atoms with Gasteiger partial charge in [0.1, 0.15) is 23.3 Å². The molecule has 0 unspecified atom stereocenters. The van der Waals surface area contributed by atoms with E-state index in [-0.39, 0.29) is 11.2 Å². The largest absolute Gasteiger partial charge is 0.463 e. The number of fused-ring (bicyclic) bond motifs is 1. The molecule has 3 aromatic rings. The van der Waals surface area contributed by atoms with E-state index in [0.29, 0.717) is 39.0 Å². The van der Waals surface area contributed by atoms with Gasteiger partial charge in [-0.2, -0.15) is 0 Å². The third-order valence-electron chi connectivity index (χ3n) is 4.84. The summed E-state index contributed by atoms with van der Waals surface area (Å²) in [4.78, 5) is 36.7. The molecule has 0 N–H and O–H groups in total. The van der Waals surface area contributed by atoms with Crippen molar-refractivity contribution >= 4 is 22.9 Å². The number of esters is 2. The molecule has 0 aliphatic carbocycles. The number of benzene rings is 2.